The third kappa shape index (κ3) is 3.85. The molecule has 1 heterocycles. The first-order valence-corrected chi connectivity index (χ1v) is 7.27. The minimum Gasteiger partial charge on any atom is -0.392 e. The highest BCUT2D eigenvalue weighted by molar-refractivity contribution is 6.30. The van der Waals surface area contributed by atoms with E-state index < -0.39 is 0 Å². The van der Waals surface area contributed by atoms with Gasteiger partial charge in [-0.25, -0.2) is 0 Å². The second kappa shape index (κ2) is 6.60. The standard InChI is InChI=1S/C15H23ClN2O/c1-17(2)10-12-5-7-18(8-6-12)15-4-3-14(16)9-13(15)11-19/h3-4,9,12,19H,5-8,10-11H2,1-2H3. The maximum absolute atomic E-state index is 9.45. The highest BCUT2D eigenvalue weighted by Gasteiger charge is 2.21. The van der Waals surface area contributed by atoms with E-state index in [9.17, 15) is 5.11 Å². The maximum Gasteiger partial charge on any atom is 0.0702 e. The van der Waals surface area contributed by atoms with Gasteiger partial charge in [-0.15, -0.1) is 0 Å². The van der Waals surface area contributed by atoms with Crippen molar-refractivity contribution < 1.29 is 5.11 Å². The maximum atomic E-state index is 9.45. The number of nitrogens with zero attached hydrogens (tertiary/aromatic N) is 2. The molecule has 1 aromatic carbocycles. The monoisotopic (exact) mass is 282 g/mol. The number of rotatable bonds is 4. The van der Waals surface area contributed by atoms with Crippen molar-refractivity contribution in [1.82, 2.24) is 4.90 Å². The molecule has 4 heteroatoms. The Labute approximate surface area is 120 Å². The van der Waals surface area contributed by atoms with Crippen molar-refractivity contribution >= 4 is 17.3 Å². The van der Waals surface area contributed by atoms with Crippen molar-refractivity contribution in [3.63, 3.8) is 0 Å². The summed E-state index contributed by atoms with van der Waals surface area (Å²) < 4.78 is 0. The number of halogens is 1. The highest BCUT2D eigenvalue weighted by atomic mass is 35.5. The Morgan fingerprint density at radius 2 is 2.00 bits per heavy atom. The van der Waals surface area contributed by atoms with Crippen LogP contribution in [0.25, 0.3) is 0 Å². The molecule has 0 spiro atoms. The van der Waals surface area contributed by atoms with Crippen molar-refractivity contribution in [1.29, 1.82) is 0 Å². The molecular formula is C15H23ClN2O. The summed E-state index contributed by atoms with van der Waals surface area (Å²) >= 11 is 5.98. The average molecular weight is 283 g/mol. The number of benzene rings is 1. The number of hydrogen-bond donors (Lipinski definition) is 1. The van der Waals surface area contributed by atoms with Crippen molar-refractivity contribution in [3.05, 3.63) is 28.8 Å². The van der Waals surface area contributed by atoms with Crippen LogP contribution in [0.4, 0.5) is 5.69 Å². The Morgan fingerprint density at radius 3 is 2.58 bits per heavy atom. The molecule has 1 saturated heterocycles. The Balaban J connectivity index is 2.01. The van der Waals surface area contributed by atoms with Gasteiger partial charge in [-0.2, -0.15) is 0 Å². The van der Waals surface area contributed by atoms with Gasteiger partial charge in [-0.05, 0) is 51.1 Å². The number of aliphatic hydroxyl groups excluding tert-OH is 1. The normalized spacial score (nSPS) is 17.2. The van der Waals surface area contributed by atoms with Gasteiger partial charge in [-0.1, -0.05) is 11.6 Å². The van der Waals surface area contributed by atoms with E-state index >= 15 is 0 Å². The third-order valence-corrected chi connectivity index (χ3v) is 4.03. The van der Waals surface area contributed by atoms with Gasteiger partial charge in [-0.3, -0.25) is 0 Å². The van der Waals surface area contributed by atoms with Crippen LogP contribution in [0.2, 0.25) is 5.02 Å². The number of anilines is 1. The van der Waals surface area contributed by atoms with Gasteiger partial charge in [0.05, 0.1) is 6.61 Å². The van der Waals surface area contributed by atoms with Crippen LogP contribution >= 0.6 is 11.6 Å². The zero-order valence-electron chi connectivity index (χ0n) is 11.8. The van der Waals surface area contributed by atoms with Gasteiger partial charge in [0.15, 0.2) is 0 Å². The van der Waals surface area contributed by atoms with Gasteiger partial charge >= 0.3 is 0 Å². The van der Waals surface area contributed by atoms with Crippen LogP contribution in [0, 0.1) is 5.92 Å². The van der Waals surface area contributed by atoms with E-state index in [-0.39, 0.29) is 6.61 Å². The lowest BCUT2D eigenvalue weighted by atomic mass is 9.95. The van der Waals surface area contributed by atoms with Crippen molar-refractivity contribution in [3.8, 4) is 0 Å². The summed E-state index contributed by atoms with van der Waals surface area (Å²) in [6.45, 7) is 3.34. The fourth-order valence-electron chi connectivity index (χ4n) is 2.86. The van der Waals surface area contributed by atoms with E-state index in [4.69, 9.17) is 11.6 Å². The van der Waals surface area contributed by atoms with Crippen LogP contribution in [-0.2, 0) is 6.61 Å². The number of piperidine rings is 1. The van der Waals surface area contributed by atoms with E-state index in [2.05, 4.69) is 23.9 Å². The molecule has 106 valence electrons. The van der Waals surface area contributed by atoms with Gasteiger partial charge in [0.25, 0.3) is 0 Å². The first-order chi connectivity index (χ1) is 9.10. The molecule has 1 aliphatic rings. The van der Waals surface area contributed by atoms with Crippen molar-refractivity contribution in [2.24, 2.45) is 5.92 Å². The predicted octanol–water partition coefficient (Wildman–Crippen LogP) is 2.61. The summed E-state index contributed by atoms with van der Waals surface area (Å²) in [5, 5.41) is 10.1. The van der Waals surface area contributed by atoms with Gasteiger partial charge in [0.1, 0.15) is 0 Å². The Morgan fingerprint density at radius 1 is 1.32 bits per heavy atom. The molecule has 0 radical (unpaired) electrons. The molecule has 1 aromatic rings. The Kier molecular flexibility index (Phi) is 5.08. The van der Waals surface area contributed by atoms with Crippen LogP contribution in [0.15, 0.2) is 18.2 Å². The predicted molar refractivity (Wildman–Crippen MR) is 80.9 cm³/mol. The average Bonchev–Trinajstić information content (AvgIpc) is 2.39. The fourth-order valence-corrected chi connectivity index (χ4v) is 3.06. The molecule has 19 heavy (non-hydrogen) atoms. The Hall–Kier alpha value is -0.770. The molecule has 0 aromatic heterocycles. The van der Waals surface area contributed by atoms with Crippen LogP contribution in [0.5, 0.6) is 0 Å². The van der Waals surface area contributed by atoms with E-state index in [0.29, 0.717) is 5.02 Å². The topological polar surface area (TPSA) is 26.7 Å². The first-order valence-electron chi connectivity index (χ1n) is 6.89. The summed E-state index contributed by atoms with van der Waals surface area (Å²) in [4.78, 5) is 4.63. The van der Waals surface area contributed by atoms with Crippen molar-refractivity contribution in [2.45, 2.75) is 19.4 Å². The molecule has 0 aliphatic carbocycles. The summed E-state index contributed by atoms with van der Waals surface area (Å²) in [6, 6.07) is 5.80. The second-order valence-electron chi connectivity index (χ2n) is 5.62. The largest absolute Gasteiger partial charge is 0.392 e. The van der Waals surface area contributed by atoms with E-state index in [0.717, 1.165) is 30.3 Å². The molecule has 1 N–H and O–H groups in total. The minimum absolute atomic E-state index is 0.0491. The summed E-state index contributed by atoms with van der Waals surface area (Å²) in [7, 11) is 4.27. The molecule has 3 nitrogen and oxygen atoms in total. The van der Waals surface area contributed by atoms with Gasteiger partial charge in [0, 0.05) is 35.9 Å². The summed E-state index contributed by atoms with van der Waals surface area (Å²) in [5.74, 6) is 0.788. The van der Waals surface area contributed by atoms with Crippen LogP contribution < -0.4 is 4.90 Å². The van der Waals surface area contributed by atoms with Gasteiger partial charge < -0.3 is 14.9 Å². The van der Waals surface area contributed by atoms with E-state index in [1.54, 1.807) is 0 Å². The zero-order valence-corrected chi connectivity index (χ0v) is 12.5. The van der Waals surface area contributed by atoms with Crippen LogP contribution in [-0.4, -0.2) is 43.7 Å². The minimum atomic E-state index is 0.0491. The lowest BCUT2D eigenvalue weighted by Gasteiger charge is -2.35. The van der Waals surface area contributed by atoms with Crippen molar-refractivity contribution in [2.75, 3.05) is 38.6 Å². The van der Waals surface area contributed by atoms with Crippen LogP contribution in [0.3, 0.4) is 0 Å². The fraction of sp³-hybridized carbons (Fsp3) is 0.600. The quantitative estimate of drug-likeness (QED) is 0.920. The smallest absolute Gasteiger partial charge is 0.0702 e. The number of aliphatic hydroxyl groups is 1. The molecule has 0 bridgehead atoms. The van der Waals surface area contributed by atoms with Crippen LogP contribution in [0.1, 0.15) is 18.4 Å². The second-order valence-corrected chi connectivity index (χ2v) is 6.06. The molecule has 1 fully saturated rings. The highest BCUT2D eigenvalue weighted by Crippen LogP contribution is 2.28. The van der Waals surface area contributed by atoms with E-state index in [1.165, 1.54) is 19.4 Å². The molecular weight excluding hydrogens is 260 g/mol. The number of hydrogen-bond acceptors (Lipinski definition) is 3. The zero-order chi connectivity index (χ0) is 13.8. The lowest BCUT2D eigenvalue weighted by Crippen LogP contribution is -2.37. The molecule has 0 unspecified atom stereocenters. The molecule has 0 saturated carbocycles. The Bertz CT molecular complexity index is 415. The lowest BCUT2D eigenvalue weighted by molar-refractivity contribution is 0.277. The SMILES string of the molecule is CN(C)CC1CCN(c2ccc(Cl)cc2CO)CC1. The molecule has 0 atom stereocenters. The third-order valence-electron chi connectivity index (χ3n) is 3.79. The summed E-state index contributed by atoms with van der Waals surface area (Å²) in [5.41, 5.74) is 2.06. The van der Waals surface area contributed by atoms with Gasteiger partial charge in [0.2, 0.25) is 0 Å². The summed E-state index contributed by atoms with van der Waals surface area (Å²) in [6.07, 6.45) is 2.43. The molecule has 0 amide bonds. The molecule has 2 rings (SSSR count). The van der Waals surface area contributed by atoms with E-state index in [1.807, 2.05) is 18.2 Å². The first kappa shape index (κ1) is 14.6. The molecule has 1 aliphatic heterocycles.